The van der Waals surface area contributed by atoms with Gasteiger partial charge in [-0.1, -0.05) is 30.3 Å². The van der Waals surface area contributed by atoms with Gasteiger partial charge in [0, 0.05) is 0 Å². The van der Waals surface area contributed by atoms with Gasteiger partial charge in [-0.2, -0.15) is 0 Å². The highest BCUT2D eigenvalue weighted by Gasteiger charge is 2.51. The summed E-state index contributed by atoms with van der Waals surface area (Å²) in [6.07, 6.45) is 0.934. The zero-order valence-corrected chi connectivity index (χ0v) is 10.8. The first kappa shape index (κ1) is 14.0. The van der Waals surface area contributed by atoms with Gasteiger partial charge in [-0.3, -0.25) is 9.59 Å². The Hall–Kier alpha value is -2.37. The quantitative estimate of drug-likeness (QED) is 0.687. The molecule has 1 fully saturated rings. The zero-order valence-electron chi connectivity index (χ0n) is 10.8. The van der Waals surface area contributed by atoms with E-state index in [1.165, 1.54) is 0 Å². The fraction of sp³-hybridized carbons (Fsp3) is 0.357. The number of benzene rings is 1. The predicted molar refractivity (Wildman–Crippen MR) is 70.7 cm³/mol. The van der Waals surface area contributed by atoms with E-state index in [4.69, 9.17) is 10.8 Å². The van der Waals surface area contributed by atoms with Crippen LogP contribution in [0, 0.1) is 0 Å². The first-order chi connectivity index (χ1) is 9.45. The first-order valence-electron chi connectivity index (χ1n) is 6.33. The molecule has 0 unspecified atom stereocenters. The summed E-state index contributed by atoms with van der Waals surface area (Å²) < 4.78 is 0. The summed E-state index contributed by atoms with van der Waals surface area (Å²) in [7, 11) is 0. The highest BCUT2D eigenvalue weighted by molar-refractivity contribution is 5.95. The number of carboxylic acids is 1. The minimum atomic E-state index is -1.28. The van der Waals surface area contributed by atoms with E-state index in [-0.39, 0.29) is 5.91 Å². The molecule has 1 saturated carbocycles. The molecule has 6 nitrogen and oxygen atoms in total. The summed E-state index contributed by atoms with van der Waals surface area (Å²) in [5, 5.41) is 11.4. The topological polar surface area (TPSA) is 109 Å². The second-order valence-corrected chi connectivity index (χ2v) is 4.98. The second kappa shape index (κ2) is 5.32. The van der Waals surface area contributed by atoms with Gasteiger partial charge in [-0.15, -0.1) is 0 Å². The van der Waals surface area contributed by atoms with Crippen LogP contribution in [0.3, 0.4) is 0 Å². The molecule has 1 aliphatic rings. The first-order valence-corrected chi connectivity index (χ1v) is 6.33. The molecule has 1 atom stereocenters. The lowest BCUT2D eigenvalue weighted by molar-refractivity contribution is -0.143. The van der Waals surface area contributed by atoms with E-state index in [0.29, 0.717) is 12.8 Å². The van der Waals surface area contributed by atoms with Gasteiger partial charge in [-0.05, 0) is 18.4 Å². The number of nitrogens with two attached hydrogens (primary N) is 1. The molecule has 0 aromatic heterocycles. The van der Waals surface area contributed by atoms with Crippen molar-refractivity contribution >= 4 is 17.8 Å². The molecule has 1 aromatic carbocycles. The minimum Gasteiger partial charge on any atom is -0.480 e. The van der Waals surface area contributed by atoms with Crippen LogP contribution in [0.1, 0.15) is 24.8 Å². The molecule has 0 aliphatic heterocycles. The molecular weight excluding hydrogens is 260 g/mol. The van der Waals surface area contributed by atoms with Crippen molar-refractivity contribution in [1.29, 1.82) is 0 Å². The van der Waals surface area contributed by atoms with E-state index in [9.17, 15) is 14.4 Å². The maximum Gasteiger partial charge on any atom is 0.326 e. The molecule has 4 N–H and O–H groups in total. The zero-order chi connectivity index (χ0) is 14.8. The van der Waals surface area contributed by atoms with Crippen LogP contribution < -0.4 is 11.1 Å². The largest absolute Gasteiger partial charge is 0.480 e. The van der Waals surface area contributed by atoms with Crippen LogP contribution in [0.5, 0.6) is 0 Å². The monoisotopic (exact) mass is 276 g/mol. The number of primary amides is 1. The van der Waals surface area contributed by atoms with Crippen LogP contribution in [-0.2, 0) is 19.8 Å². The number of aliphatic carboxylic acids is 1. The number of rotatable bonds is 6. The Morgan fingerprint density at radius 1 is 1.25 bits per heavy atom. The number of carbonyl (C=O) groups is 3. The Kier molecular flexibility index (Phi) is 3.74. The summed E-state index contributed by atoms with van der Waals surface area (Å²) in [5.74, 6) is -2.39. The second-order valence-electron chi connectivity index (χ2n) is 4.98. The molecule has 6 heteroatoms. The third kappa shape index (κ3) is 2.79. The van der Waals surface area contributed by atoms with Crippen molar-refractivity contribution < 1.29 is 19.5 Å². The van der Waals surface area contributed by atoms with Crippen molar-refractivity contribution in [3.05, 3.63) is 35.9 Å². The SMILES string of the molecule is NC(=O)C[C@H](NC(=O)C1(c2ccccc2)CC1)C(=O)O. The number of carbonyl (C=O) groups excluding carboxylic acids is 2. The van der Waals surface area contributed by atoms with Gasteiger partial charge >= 0.3 is 5.97 Å². The standard InChI is InChI=1S/C14H16N2O4/c15-11(17)8-10(12(18)19)16-13(20)14(6-7-14)9-4-2-1-3-5-9/h1-5,10H,6-8H2,(H2,15,17)(H,16,20)(H,18,19)/t10-/m0/s1. The molecule has 0 radical (unpaired) electrons. The Bertz CT molecular complexity index is 537. The molecule has 0 bridgehead atoms. The van der Waals surface area contributed by atoms with E-state index < -0.39 is 29.8 Å². The third-order valence-corrected chi connectivity index (χ3v) is 3.52. The number of hydrogen-bond donors (Lipinski definition) is 3. The van der Waals surface area contributed by atoms with E-state index in [1.54, 1.807) is 0 Å². The highest BCUT2D eigenvalue weighted by Crippen LogP contribution is 2.48. The van der Waals surface area contributed by atoms with Crippen molar-refractivity contribution in [3.8, 4) is 0 Å². The molecule has 0 saturated heterocycles. The minimum absolute atomic E-state index is 0.364. The Morgan fingerprint density at radius 2 is 1.85 bits per heavy atom. The molecule has 2 rings (SSSR count). The Morgan fingerprint density at radius 3 is 2.30 bits per heavy atom. The van der Waals surface area contributed by atoms with Crippen molar-refractivity contribution in [2.45, 2.75) is 30.7 Å². The van der Waals surface area contributed by atoms with Crippen LogP contribution in [0.4, 0.5) is 0 Å². The summed E-state index contributed by atoms with van der Waals surface area (Å²) in [4.78, 5) is 34.2. The fourth-order valence-electron chi connectivity index (χ4n) is 2.23. The summed E-state index contributed by atoms with van der Waals surface area (Å²) in [6.45, 7) is 0. The number of carboxylic acid groups (broad SMARTS) is 1. The van der Waals surface area contributed by atoms with Gasteiger partial charge in [0.1, 0.15) is 6.04 Å². The van der Waals surface area contributed by atoms with Gasteiger partial charge in [0.15, 0.2) is 0 Å². The van der Waals surface area contributed by atoms with Crippen LogP contribution >= 0.6 is 0 Å². The molecule has 2 amide bonds. The molecule has 20 heavy (non-hydrogen) atoms. The van der Waals surface area contributed by atoms with E-state index in [0.717, 1.165) is 5.56 Å². The summed E-state index contributed by atoms with van der Waals surface area (Å²) >= 11 is 0. The lowest BCUT2D eigenvalue weighted by Gasteiger charge is -2.19. The summed E-state index contributed by atoms with van der Waals surface area (Å²) in [5.41, 5.74) is 5.19. The summed E-state index contributed by atoms with van der Waals surface area (Å²) in [6, 6.07) is 7.93. The number of nitrogens with one attached hydrogen (secondary N) is 1. The maximum atomic E-state index is 12.3. The molecule has 0 spiro atoms. The molecular formula is C14H16N2O4. The number of amides is 2. The average molecular weight is 276 g/mol. The van der Waals surface area contributed by atoms with Crippen molar-refractivity contribution in [2.75, 3.05) is 0 Å². The Labute approximate surface area is 116 Å². The molecule has 106 valence electrons. The predicted octanol–water partition coefficient (Wildman–Crippen LogP) is 0.163. The smallest absolute Gasteiger partial charge is 0.326 e. The van der Waals surface area contributed by atoms with Crippen LogP contribution in [0.15, 0.2) is 30.3 Å². The molecule has 0 heterocycles. The Balaban J connectivity index is 2.11. The van der Waals surface area contributed by atoms with Crippen molar-refractivity contribution in [3.63, 3.8) is 0 Å². The lowest BCUT2D eigenvalue weighted by Crippen LogP contribution is -2.47. The third-order valence-electron chi connectivity index (χ3n) is 3.52. The maximum absolute atomic E-state index is 12.3. The van der Waals surface area contributed by atoms with Gasteiger partial charge in [0.05, 0.1) is 11.8 Å². The average Bonchev–Trinajstić information content (AvgIpc) is 3.19. The van der Waals surface area contributed by atoms with E-state index in [1.807, 2.05) is 30.3 Å². The van der Waals surface area contributed by atoms with E-state index in [2.05, 4.69) is 5.32 Å². The van der Waals surface area contributed by atoms with Crippen molar-refractivity contribution in [1.82, 2.24) is 5.32 Å². The van der Waals surface area contributed by atoms with Crippen molar-refractivity contribution in [2.24, 2.45) is 5.73 Å². The highest BCUT2D eigenvalue weighted by atomic mass is 16.4. The molecule has 1 aliphatic carbocycles. The fourth-order valence-corrected chi connectivity index (χ4v) is 2.23. The number of hydrogen-bond acceptors (Lipinski definition) is 3. The molecule has 1 aromatic rings. The van der Waals surface area contributed by atoms with Gasteiger partial charge < -0.3 is 16.2 Å². The van der Waals surface area contributed by atoms with E-state index >= 15 is 0 Å². The van der Waals surface area contributed by atoms with Gasteiger partial charge in [0.2, 0.25) is 11.8 Å². The van der Waals surface area contributed by atoms with Gasteiger partial charge in [-0.25, -0.2) is 4.79 Å². The lowest BCUT2D eigenvalue weighted by atomic mass is 9.94. The van der Waals surface area contributed by atoms with Crippen LogP contribution in [0.2, 0.25) is 0 Å². The normalized spacial score (nSPS) is 17.0. The van der Waals surface area contributed by atoms with Crippen LogP contribution in [0.25, 0.3) is 0 Å². The van der Waals surface area contributed by atoms with Gasteiger partial charge in [0.25, 0.3) is 0 Å². The van der Waals surface area contributed by atoms with Crippen LogP contribution in [-0.4, -0.2) is 28.9 Å².